The molecule has 20 heavy (non-hydrogen) atoms. The second-order valence-corrected chi connectivity index (χ2v) is 5.34. The molecule has 1 aromatic rings. The van der Waals surface area contributed by atoms with Crippen LogP contribution in [0.2, 0.25) is 0 Å². The number of urea groups is 1. The molecular formula is C13H17BrN2O4. The number of nitrogens with one attached hydrogen (secondary N) is 2. The SMILES string of the molecule is COCC(C)CNC(=O)Nc1cc(Br)cc(C(=O)O)c1. The van der Waals surface area contributed by atoms with Crippen LogP contribution in [0.4, 0.5) is 10.5 Å². The maximum absolute atomic E-state index is 11.7. The topological polar surface area (TPSA) is 87.7 Å². The van der Waals surface area contributed by atoms with Gasteiger partial charge in [0.05, 0.1) is 12.2 Å². The van der Waals surface area contributed by atoms with Gasteiger partial charge in [-0.2, -0.15) is 0 Å². The lowest BCUT2D eigenvalue weighted by Crippen LogP contribution is -2.33. The van der Waals surface area contributed by atoms with Gasteiger partial charge < -0.3 is 20.5 Å². The second-order valence-electron chi connectivity index (χ2n) is 4.43. The Labute approximate surface area is 125 Å². The predicted octanol–water partition coefficient (Wildman–Crippen LogP) is 2.55. The highest BCUT2D eigenvalue weighted by Gasteiger charge is 2.09. The van der Waals surface area contributed by atoms with Crippen molar-refractivity contribution in [1.29, 1.82) is 0 Å². The van der Waals surface area contributed by atoms with Crippen molar-refractivity contribution in [3.63, 3.8) is 0 Å². The van der Waals surface area contributed by atoms with Crippen molar-refractivity contribution in [3.8, 4) is 0 Å². The molecule has 0 aliphatic heterocycles. The largest absolute Gasteiger partial charge is 0.478 e. The summed E-state index contributed by atoms with van der Waals surface area (Å²) in [5.41, 5.74) is 0.510. The number of carbonyl (C=O) groups excluding carboxylic acids is 1. The first-order valence-corrected chi connectivity index (χ1v) is 6.79. The number of carboxylic acid groups (broad SMARTS) is 1. The molecule has 6 nitrogen and oxygen atoms in total. The average Bonchev–Trinajstić information content (AvgIpc) is 2.36. The molecule has 7 heteroatoms. The third kappa shape index (κ3) is 5.58. The molecule has 0 aromatic heterocycles. The first-order chi connectivity index (χ1) is 9.42. The predicted molar refractivity (Wildman–Crippen MR) is 79.2 cm³/mol. The van der Waals surface area contributed by atoms with Crippen molar-refractivity contribution in [2.45, 2.75) is 6.92 Å². The Morgan fingerprint density at radius 2 is 2.10 bits per heavy atom. The lowest BCUT2D eigenvalue weighted by Gasteiger charge is -2.12. The fraction of sp³-hybridized carbons (Fsp3) is 0.385. The van der Waals surface area contributed by atoms with Crippen LogP contribution in [0.1, 0.15) is 17.3 Å². The number of hydrogen-bond donors (Lipinski definition) is 3. The van der Waals surface area contributed by atoms with Crippen LogP contribution < -0.4 is 10.6 Å². The van der Waals surface area contributed by atoms with E-state index in [1.165, 1.54) is 12.1 Å². The molecule has 1 unspecified atom stereocenters. The van der Waals surface area contributed by atoms with Crippen molar-refractivity contribution in [2.75, 3.05) is 25.6 Å². The monoisotopic (exact) mass is 344 g/mol. The zero-order valence-electron chi connectivity index (χ0n) is 11.3. The van der Waals surface area contributed by atoms with Crippen molar-refractivity contribution < 1.29 is 19.4 Å². The number of carboxylic acids is 1. The number of ether oxygens (including phenoxy) is 1. The molecule has 0 saturated heterocycles. The smallest absolute Gasteiger partial charge is 0.335 e. The summed E-state index contributed by atoms with van der Waals surface area (Å²) in [4.78, 5) is 22.6. The van der Waals surface area contributed by atoms with E-state index in [4.69, 9.17) is 9.84 Å². The van der Waals surface area contributed by atoms with Gasteiger partial charge in [-0.1, -0.05) is 22.9 Å². The molecule has 110 valence electrons. The standard InChI is InChI=1S/C13H17BrN2O4/c1-8(7-20-2)6-15-13(19)16-11-4-9(12(17)18)3-10(14)5-11/h3-5,8H,6-7H2,1-2H3,(H,17,18)(H2,15,16,19). The third-order valence-electron chi connectivity index (χ3n) is 2.46. The van der Waals surface area contributed by atoms with Crippen LogP contribution >= 0.6 is 15.9 Å². The number of benzene rings is 1. The van der Waals surface area contributed by atoms with Gasteiger partial charge in [-0.3, -0.25) is 0 Å². The number of hydrogen-bond acceptors (Lipinski definition) is 3. The molecule has 0 aliphatic rings. The Kier molecular flexibility index (Phi) is 6.47. The van der Waals surface area contributed by atoms with E-state index >= 15 is 0 Å². The Balaban J connectivity index is 2.59. The Morgan fingerprint density at radius 1 is 1.40 bits per heavy atom. The summed E-state index contributed by atoms with van der Waals surface area (Å²) in [5.74, 6) is -0.855. The van der Waals surface area contributed by atoms with Crippen molar-refractivity contribution in [2.24, 2.45) is 5.92 Å². The van der Waals surface area contributed by atoms with Crippen LogP contribution in [0.5, 0.6) is 0 Å². The zero-order chi connectivity index (χ0) is 15.1. The van der Waals surface area contributed by atoms with Gasteiger partial charge in [0.1, 0.15) is 0 Å². The van der Waals surface area contributed by atoms with Crippen molar-refractivity contribution in [3.05, 3.63) is 28.2 Å². The zero-order valence-corrected chi connectivity index (χ0v) is 12.9. The van der Waals surface area contributed by atoms with E-state index in [2.05, 4.69) is 26.6 Å². The lowest BCUT2D eigenvalue weighted by atomic mass is 10.2. The van der Waals surface area contributed by atoms with Crippen molar-refractivity contribution in [1.82, 2.24) is 5.32 Å². The number of methoxy groups -OCH3 is 1. The minimum Gasteiger partial charge on any atom is -0.478 e. The summed E-state index contributed by atoms with van der Waals surface area (Å²) in [5, 5.41) is 14.2. The van der Waals surface area contributed by atoms with Crippen LogP contribution in [0.3, 0.4) is 0 Å². The number of rotatable bonds is 6. The summed E-state index contributed by atoms with van der Waals surface area (Å²) in [6, 6.07) is 4.10. The summed E-state index contributed by atoms with van der Waals surface area (Å²) in [6.45, 7) is 2.98. The number of anilines is 1. The maximum Gasteiger partial charge on any atom is 0.335 e. The molecule has 3 N–H and O–H groups in total. The Hall–Kier alpha value is -1.60. The minimum atomic E-state index is -1.05. The maximum atomic E-state index is 11.7. The van der Waals surface area contributed by atoms with Crippen molar-refractivity contribution >= 4 is 33.6 Å². The summed E-state index contributed by atoms with van der Waals surface area (Å²) < 4.78 is 5.55. The number of halogens is 1. The molecule has 1 rings (SSSR count). The van der Waals surface area contributed by atoms with Crippen LogP contribution in [0.15, 0.2) is 22.7 Å². The number of aromatic carboxylic acids is 1. The van der Waals surface area contributed by atoms with Crippen LogP contribution in [-0.4, -0.2) is 37.4 Å². The van der Waals surface area contributed by atoms with Gasteiger partial charge in [0.25, 0.3) is 0 Å². The molecule has 0 radical (unpaired) electrons. The van der Waals surface area contributed by atoms with E-state index in [0.717, 1.165) is 0 Å². The number of carbonyl (C=O) groups is 2. The van der Waals surface area contributed by atoms with E-state index < -0.39 is 5.97 Å². The van der Waals surface area contributed by atoms with Crippen LogP contribution in [-0.2, 0) is 4.74 Å². The molecule has 0 heterocycles. The van der Waals surface area contributed by atoms with Gasteiger partial charge >= 0.3 is 12.0 Å². The summed E-state index contributed by atoms with van der Waals surface area (Å²) in [7, 11) is 1.60. The highest BCUT2D eigenvalue weighted by Crippen LogP contribution is 2.19. The van der Waals surface area contributed by atoms with Crippen LogP contribution in [0.25, 0.3) is 0 Å². The van der Waals surface area contributed by atoms with E-state index in [-0.39, 0.29) is 17.5 Å². The molecular weight excluding hydrogens is 328 g/mol. The normalized spacial score (nSPS) is 11.8. The fourth-order valence-electron chi connectivity index (χ4n) is 1.57. The third-order valence-corrected chi connectivity index (χ3v) is 2.92. The fourth-order valence-corrected chi connectivity index (χ4v) is 2.06. The average molecular weight is 345 g/mol. The highest BCUT2D eigenvalue weighted by molar-refractivity contribution is 9.10. The molecule has 1 atom stereocenters. The molecule has 0 spiro atoms. The summed E-state index contributed by atoms with van der Waals surface area (Å²) in [6.07, 6.45) is 0. The van der Waals surface area contributed by atoms with E-state index in [1.807, 2.05) is 6.92 Å². The van der Waals surface area contributed by atoms with E-state index in [0.29, 0.717) is 23.3 Å². The molecule has 1 aromatic carbocycles. The first-order valence-electron chi connectivity index (χ1n) is 6.00. The van der Waals surface area contributed by atoms with Gasteiger partial charge in [-0.25, -0.2) is 9.59 Å². The highest BCUT2D eigenvalue weighted by atomic mass is 79.9. The van der Waals surface area contributed by atoms with Crippen LogP contribution in [0, 0.1) is 5.92 Å². The molecule has 0 saturated carbocycles. The molecule has 0 fully saturated rings. The lowest BCUT2D eigenvalue weighted by molar-refractivity contribution is 0.0697. The molecule has 0 bridgehead atoms. The molecule has 2 amide bonds. The van der Waals surface area contributed by atoms with Gasteiger partial charge in [-0.15, -0.1) is 0 Å². The number of amides is 2. The van der Waals surface area contributed by atoms with E-state index in [1.54, 1.807) is 13.2 Å². The van der Waals surface area contributed by atoms with E-state index in [9.17, 15) is 9.59 Å². The van der Waals surface area contributed by atoms with Gasteiger partial charge in [0, 0.05) is 23.8 Å². The summed E-state index contributed by atoms with van der Waals surface area (Å²) >= 11 is 3.20. The quantitative estimate of drug-likeness (QED) is 0.739. The van der Waals surface area contributed by atoms with Gasteiger partial charge in [-0.05, 0) is 24.1 Å². The molecule has 0 aliphatic carbocycles. The Morgan fingerprint density at radius 3 is 2.70 bits per heavy atom. The minimum absolute atomic E-state index is 0.0995. The van der Waals surface area contributed by atoms with Gasteiger partial charge in [0.2, 0.25) is 0 Å². The second kappa shape index (κ2) is 7.86. The van der Waals surface area contributed by atoms with Gasteiger partial charge in [0.15, 0.2) is 0 Å². The first kappa shape index (κ1) is 16.5. The Bertz CT molecular complexity index is 493.